The van der Waals surface area contributed by atoms with E-state index < -0.39 is 0 Å². The fourth-order valence-corrected chi connectivity index (χ4v) is 2.77. The minimum atomic E-state index is 0. The Morgan fingerprint density at radius 2 is 2.25 bits per heavy atom. The second-order valence-corrected chi connectivity index (χ2v) is 5.39. The molecule has 96 valence electrons. The van der Waals surface area contributed by atoms with Gasteiger partial charge in [0.25, 0.3) is 0 Å². The number of thioether (sulfide) groups is 1. The molecule has 1 amide bonds. The molecule has 0 aliphatic heterocycles. The van der Waals surface area contributed by atoms with Crippen LogP contribution in [0.3, 0.4) is 0 Å². The topological polar surface area (TPSA) is 55.1 Å². The van der Waals surface area contributed by atoms with Gasteiger partial charge in [-0.15, -0.1) is 12.4 Å². The molecule has 0 radical (unpaired) electrons. The molecular formula is C11H23ClN2OS. The lowest BCUT2D eigenvalue weighted by atomic mass is 10.00. The van der Waals surface area contributed by atoms with Crippen LogP contribution in [0.1, 0.15) is 32.6 Å². The first kappa shape index (κ1) is 16.1. The Morgan fingerprint density at radius 1 is 1.56 bits per heavy atom. The minimum Gasteiger partial charge on any atom is -0.353 e. The van der Waals surface area contributed by atoms with Crippen LogP contribution in [-0.4, -0.2) is 30.0 Å². The Morgan fingerprint density at radius 3 is 2.75 bits per heavy atom. The molecule has 0 heterocycles. The molecule has 1 rings (SSSR count). The Labute approximate surface area is 109 Å². The molecule has 3 N–H and O–H groups in total. The summed E-state index contributed by atoms with van der Waals surface area (Å²) in [4.78, 5) is 11.7. The van der Waals surface area contributed by atoms with Gasteiger partial charge in [-0.3, -0.25) is 4.79 Å². The zero-order valence-corrected chi connectivity index (χ0v) is 11.7. The fourth-order valence-electron chi connectivity index (χ4n) is 2.18. The number of rotatable bonds is 5. The summed E-state index contributed by atoms with van der Waals surface area (Å²) in [5.74, 6) is 1.55. The van der Waals surface area contributed by atoms with E-state index in [1.54, 1.807) is 11.8 Å². The molecule has 0 spiro atoms. The zero-order valence-electron chi connectivity index (χ0n) is 10.1. The smallest absolute Gasteiger partial charge is 0.220 e. The second-order valence-electron chi connectivity index (χ2n) is 4.48. The van der Waals surface area contributed by atoms with Gasteiger partial charge in [0, 0.05) is 24.3 Å². The molecule has 1 saturated carbocycles. The number of nitrogens with one attached hydrogen (secondary N) is 1. The molecule has 1 unspecified atom stereocenters. The van der Waals surface area contributed by atoms with Gasteiger partial charge in [-0.2, -0.15) is 11.8 Å². The van der Waals surface area contributed by atoms with Crippen molar-refractivity contribution in [2.45, 2.75) is 44.7 Å². The van der Waals surface area contributed by atoms with Gasteiger partial charge in [0.2, 0.25) is 5.91 Å². The summed E-state index contributed by atoms with van der Waals surface area (Å²) in [6.07, 6.45) is 6.04. The Bertz CT molecular complexity index is 216. The molecule has 0 bridgehead atoms. The fraction of sp³-hybridized carbons (Fsp3) is 0.909. The zero-order chi connectivity index (χ0) is 11.3. The van der Waals surface area contributed by atoms with Gasteiger partial charge in [-0.1, -0.05) is 6.42 Å². The predicted molar refractivity (Wildman–Crippen MR) is 73.2 cm³/mol. The molecule has 1 aliphatic carbocycles. The van der Waals surface area contributed by atoms with E-state index >= 15 is 0 Å². The molecule has 0 aromatic rings. The van der Waals surface area contributed by atoms with Crippen LogP contribution in [0.25, 0.3) is 0 Å². The summed E-state index contributed by atoms with van der Waals surface area (Å²) < 4.78 is 0. The van der Waals surface area contributed by atoms with Crippen LogP contribution in [0.5, 0.6) is 0 Å². The van der Waals surface area contributed by atoms with Crippen LogP contribution >= 0.6 is 24.2 Å². The standard InChI is InChI=1S/C11H22N2OS.ClH/c1-8(7-15-2)13-11(14)6-9-4-3-5-10(9)12;/h8-10H,3-7,12H2,1-2H3,(H,13,14);1H/t8?,9-,10+;/m0./s1. The summed E-state index contributed by atoms with van der Waals surface area (Å²) in [6.45, 7) is 2.04. The van der Waals surface area contributed by atoms with E-state index in [0.717, 1.165) is 18.6 Å². The maximum Gasteiger partial charge on any atom is 0.220 e. The lowest BCUT2D eigenvalue weighted by Crippen LogP contribution is -2.37. The number of halogens is 1. The van der Waals surface area contributed by atoms with Crippen molar-refractivity contribution in [1.29, 1.82) is 0 Å². The van der Waals surface area contributed by atoms with Crippen molar-refractivity contribution in [3.63, 3.8) is 0 Å². The van der Waals surface area contributed by atoms with Gasteiger partial charge in [0.15, 0.2) is 0 Å². The average Bonchev–Trinajstić information content (AvgIpc) is 2.52. The van der Waals surface area contributed by atoms with Crippen LogP contribution in [0.15, 0.2) is 0 Å². The number of nitrogens with two attached hydrogens (primary N) is 1. The third-order valence-corrected chi connectivity index (χ3v) is 3.82. The molecule has 0 aromatic carbocycles. The average molecular weight is 267 g/mol. The number of carbonyl (C=O) groups is 1. The summed E-state index contributed by atoms with van der Waals surface area (Å²) in [6, 6.07) is 0.511. The molecule has 0 aromatic heterocycles. The third-order valence-electron chi connectivity index (χ3n) is 2.99. The second kappa shape index (κ2) is 8.20. The Hall–Kier alpha value is 0.0700. The van der Waals surface area contributed by atoms with Crippen molar-refractivity contribution in [2.24, 2.45) is 11.7 Å². The number of amides is 1. The molecule has 5 heteroatoms. The molecule has 16 heavy (non-hydrogen) atoms. The molecular weight excluding hydrogens is 244 g/mol. The van der Waals surface area contributed by atoms with Crippen LogP contribution in [0, 0.1) is 5.92 Å². The summed E-state index contributed by atoms with van der Waals surface area (Å²) in [5, 5.41) is 3.01. The van der Waals surface area contributed by atoms with E-state index in [1.807, 2.05) is 6.92 Å². The lowest BCUT2D eigenvalue weighted by Gasteiger charge is -2.17. The van der Waals surface area contributed by atoms with E-state index in [4.69, 9.17) is 5.73 Å². The highest BCUT2D eigenvalue weighted by molar-refractivity contribution is 7.98. The SMILES string of the molecule is CSCC(C)NC(=O)C[C@@H]1CCC[C@H]1N.Cl. The minimum absolute atomic E-state index is 0. The lowest BCUT2D eigenvalue weighted by molar-refractivity contribution is -0.122. The van der Waals surface area contributed by atoms with Gasteiger partial charge >= 0.3 is 0 Å². The van der Waals surface area contributed by atoms with Gasteiger partial charge in [0.1, 0.15) is 0 Å². The molecule has 3 nitrogen and oxygen atoms in total. The van der Waals surface area contributed by atoms with E-state index in [-0.39, 0.29) is 30.4 Å². The van der Waals surface area contributed by atoms with Crippen LogP contribution in [0.2, 0.25) is 0 Å². The van der Waals surface area contributed by atoms with Gasteiger partial charge in [0.05, 0.1) is 0 Å². The van der Waals surface area contributed by atoms with Crippen LogP contribution in [-0.2, 0) is 4.79 Å². The molecule has 3 atom stereocenters. The molecule has 0 saturated heterocycles. The highest BCUT2D eigenvalue weighted by Crippen LogP contribution is 2.26. The summed E-state index contributed by atoms with van der Waals surface area (Å²) >= 11 is 1.76. The van der Waals surface area contributed by atoms with Crippen molar-refractivity contribution in [2.75, 3.05) is 12.0 Å². The summed E-state index contributed by atoms with van der Waals surface area (Å²) in [7, 11) is 0. The Kier molecular flexibility index (Phi) is 8.24. The number of hydrogen-bond acceptors (Lipinski definition) is 3. The monoisotopic (exact) mass is 266 g/mol. The molecule has 1 fully saturated rings. The first-order chi connectivity index (χ1) is 7.13. The maximum absolute atomic E-state index is 11.7. The normalized spacial score (nSPS) is 25.9. The van der Waals surface area contributed by atoms with Crippen molar-refractivity contribution >= 4 is 30.1 Å². The van der Waals surface area contributed by atoms with Crippen molar-refractivity contribution < 1.29 is 4.79 Å². The van der Waals surface area contributed by atoms with Crippen molar-refractivity contribution in [3.8, 4) is 0 Å². The Balaban J connectivity index is 0.00000225. The number of carbonyl (C=O) groups excluding carboxylic acids is 1. The highest BCUT2D eigenvalue weighted by atomic mass is 35.5. The van der Waals surface area contributed by atoms with Gasteiger partial charge in [-0.25, -0.2) is 0 Å². The largest absolute Gasteiger partial charge is 0.353 e. The van der Waals surface area contributed by atoms with Crippen molar-refractivity contribution in [3.05, 3.63) is 0 Å². The van der Waals surface area contributed by atoms with E-state index in [1.165, 1.54) is 6.42 Å². The number of hydrogen-bond donors (Lipinski definition) is 2. The van der Waals surface area contributed by atoms with Crippen LogP contribution in [0.4, 0.5) is 0 Å². The van der Waals surface area contributed by atoms with E-state index in [2.05, 4.69) is 11.6 Å². The van der Waals surface area contributed by atoms with Crippen LogP contribution < -0.4 is 11.1 Å². The quantitative estimate of drug-likeness (QED) is 0.798. The first-order valence-electron chi connectivity index (χ1n) is 5.67. The van der Waals surface area contributed by atoms with E-state index in [0.29, 0.717) is 12.3 Å². The third kappa shape index (κ3) is 5.41. The molecule has 1 aliphatic rings. The summed E-state index contributed by atoms with van der Waals surface area (Å²) in [5.41, 5.74) is 5.93. The highest BCUT2D eigenvalue weighted by Gasteiger charge is 2.26. The predicted octanol–water partition coefficient (Wildman–Crippen LogP) is 1.79. The first-order valence-corrected chi connectivity index (χ1v) is 7.06. The van der Waals surface area contributed by atoms with Gasteiger partial charge in [-0.05, 0) is 31.9 Å². The van der Waals surface area contributed by atoms with Crippen molar-refractivity contribution in [1.82, 2.24) is 5.32 Å². The van der Waals surface area contributed by atoms with E-state index in [9.17, 15) is 4.79 Å². The van der Waals surface area contributed by atoms with Gasteiger partial charge < -0.3 is 11.1 Å². The maximum atomic E-state index is 11.7.